The van der Waals surface area contributed by atoms with E-state index < -0.39 is 0 Å². The van der Waals surface area contributed by atoms with Crippen LogP contribution in [0.1, 0.15) is 34.2 Å². The van der Waals surface area contributed by atoms with Crippen LogP contribution in [0.25, 0.3) is 10.9 Å². The van der Waals surface area contributed by atoms with E-state index >= 15 is 0 Å². The number of pyridine rings is 1. The molecule has 0 amide bonds. The fraction of sp³-hybridized carbons (Fsp3) is 0.250. The van der Waals surface area contributed by atoms with Gasteiger partial charge in [0, 0.05) is 42.1 Å². The molecule has 2 heterocycles. The third kappa shape index (κ3) is 3.56. The summed E-state index contributed by atoms with van der Waals surface area (Å²) >= 11 is 0. The van der Waals surface area contributed by atoms with Crippen LogP contribution in [0.5, 0.6) is 0 Å². The lowest BCUT2D eigenvalue weighted by molar-refractivity contribution is 0.732. The summed E-state index contributed by atoms with van der Waals surface area (Å²) in [6, 6.07) is 23.7. The van der Waals surface area contributed by atoms with E-state index in [4.69, 9.17) is 0 Å². The van der Waals surface area contributed by atoms with Crippen LogP contribution in [0.15, 0.2) is 71.5 Å². The molecular weight excluding hydrogens is 394 g/mol. The van der Waals surface area contributed by atoms with Crippen LogP contribution in [-0.2, 0) is 32.4 Å². The molecule has 0 spiro atoms. The second kappa shape index (κ2) is 7.86. The predicted octanol–water partition coefficient (Wildman–Crippen LogP) is 5.19. The van der Waals surface area contributed by atoms with Gasteiger partial charge in [-0.2, -0.15) is 0 Å². The number of nitrogens with zero attached hydrogens (tertiary/aromatic N) is 1. The Labute approximate surface area is 187 Å². The van der Waals surface area contributed by atoms with Crippen LogP contribution in [0.3, 0.4) is 0 Å². The highest BCUT2D eigenvalue weighted by Crippen LogP contribution is 2.27. The Morgan fingerprint density at radius 1 is 0.844 bits per heavy atom. The zero-order valence-electron chi connectivity index (χ0n) is 18.2. The molecule has 4 heteroatoms. The molecule has 4 aromatic rings. The van der Waals surface area contributed by atoms with E-state index in [-0.39, 0.29) is 5.56 Å². The number of H-pyrrole nitrogens is 1. The Morgan fingerprint density at radius 2 is 1.62 bits per heavy atom. The highest BCUT2D eigenvalue weighted by Gasteiger charge is 2.16. The number of hydrogen-bond acceptors (Lipinski definition) is 3. The van der Waals surface area contributed by atoms with E-state index in [1.165, 1.54) is 34.4 Å². The fourth-order valence-electron chi connectivity index (χ4n) is 5.16. The molecule has 1 aliphatic heterocycles. The number of aryl methyl sites for hydroxylation is 2. The molecule has 1 aliphatic carbocycles. The number of benzene rings is 3. The van der Waals surface area contributed by atoms with Gasteiger partial charge < -0.3 is 15.2 Å². The number of anilines is 2. The van der Waals surface area contributed by atoms with Gasteiger partial charge in [0.15, 0.2) is 0 Å². The van der Waals surface area contributed by atoms with Crippen LogP contribution in [0.2, 0.25) is 0 Å². The summed E-state index contributed by atoms with van der Waals surface area (Å²) in [6.45, 7) is 2.51. The topological polar surface area (TPSA) is 48.1 Å². The van der Waals surface area contributed by atoms with Crippen molar-refractivity contribution in [3.8, 4) is 0 Å². The van der Waals surface area contributed by atoms with Gasteiger partial charge >= 0.3 is 0 Å². The van der Waals surface area contributed by atoms with Gasteiger partial charge in [-0.05, 0) is 95.8 Å². The minimum atomic E-state index is -0.00782. The minimum Gasteiger partial charge on any atom is -0.381 e. The number of fused-ring (bicyclic) bond motifs is 3. The van der Waals surface area contributed by atoms with Gasteiger partial charge in [-0.3, -0.25) is 4.79 Å². The number of rotatable bonds is 4. The third-order valence-corrected chi connectivity index (χ3v) is 6.98. The number of aromatic nitrogens is 1. The van der Waals surface area contributed by atoms with Gasteiger partial charge in [-0.15, -0.1) is 0 Å². The Hall–Kier alpha value is -3.53. The van der Waals surface area contributed by atoms with Crippen LogP contribution < -0.4 is 15.8 Å². The monoisotopic (exact) mass is 421 g/mol. The minimum absolute atomic E-state index is 0.00782. The number of nitrogens with one attached hydrogen (secondary N) is 2. The largest absolute Gasteiger partial charge is 0.381 e. The molecule has 0 saturated carbocycles. The van der Waals surface area contributed by atoms with E-state index in [0.717, 1.165) is 54.5 Å². The zero-order valence-corrected chi connectivity index (χ0v) is 18.2. The molecule has 0 unspecified atom stereocenters. The van der Waals surface area contributed by atoms with Crippen molar-refractivity contribution in [2.45, 2.75) is 38.8 Å². The first-order valence-corrected chi connectivity index (χ1v) is 11.6. The van der Waals surface area contributed by atoms with Crippen molar-refractivity contribution >= 4 is 22.3 Å². The molecule has 0 fully saturated rings. The van der Waals surface area contributed by atoms with Crippen molar-refractivity contribution in [1.29, 1.82) is 0 Å². The van der Waals surface area contributed by atoms with Crippen molar-refractivity contribution in [1.82, 2.24) is 4.98 Å². The molecule has 0 bridgehead atoms. The predicted molar refractivity (Wildman–Crippen MR) is 132 cm³/mol. The fourth-order valence-corrected chi connectivity index (χ4v) is 5.16. The van der Waals surface area contributed by atoms with Crippen LogP contribution in [-0.4, -0.2) is 11.5 Å². The molecule has 2 N–H and O–H groups in total. The summed E-state index contributed by atoms with van der Waals surface area (Å²) in [5.41, 5.74) is 9.68. The average Bonchev–Trinajstić information content (AvgIpc) is 3.28. The smallest absolute Gasteiger partial charge is 0.253 e. The SMILES string of the molecule is O=c1[nH]c2cc3c(cc2cc1CNc1ccc(N2CCc4ccccc4C2)cc1)CCC3. The Morgan fingerprint density at radius 3 is 2.47 bits per heavy atom. The molecule has 32 heavy (non-hydrogen) atoms. The lowest BCUT2D eigenvalue weighted by atomic mass is 9.99. The van der Waals surface area contributed by atoms with E-state index in [9.17, 15) is 4.79 Å². The summed E-state index contributed by atoms with van der Waals surface area (Å²) in [4.78, 5) is 18.1. The van der Waals surface area contributed by atoms with Gasteiger partial charge in [0.1, 0.15) is 0 Å². The van der Waals surface area contributed by atoms with E-state index in [0.29, 0.717) is 6.54 Å². The average molecular weight is 422 g/mol. The highest BCUT2D eigenvalue weighted by molar-refractivity contribution is 5.81. The van der Waals surface area contributed by atoms with E-state index in [2.05, 4.69) is 75.9 Å². The molecule has 160 valence electrons. The first-order valence-electron chi connectivity index (χ1n) is 11.6. The molecule has 4 nitrogen and oxygen atoms in total. The highest BCUT2D eigenvalue weighted by atomic mass is 16.1. The Bertz CT molecular complexity index is 1350. The van der Waals surface area contributed by atoms with Crippen molar-refractivity contribution in [2.24, 2.45) is 0 Å². The molecule has 3 aromatic carbocycles. The van der Waals surface area contributed by atoms with Gasteiger partial charge in [-0.25, -0.2) is 0 Å². The van der Waals surface area contributed by atoms with E-state index in [1.807, 2.05) is 6.07 Å². The Kier molecular flexibility index (Phi) is 4.71. The molecule has 0 saturated heterocycles. The first kappa shape index (κ1) is 19.2. The van der Waals surface area contributed by atoms with Gasteiger partial charge in [0.25, 0.3) is 5.56 Å². The van der Waals surface area contributed by atoms with Crippen molar-refractivity contribution < 1.29 is 0 Å². The molecule has 0 atom stereocenters. The maximum Gasteiger partial charge on any atom is 0.253 e. The molecule has 0 radical (unpaired) electrons. The van der Waals surface area contributed by atoms with Crippen LogP contribution in [0.4, 0.5) is 11.4 Å². The summed E-state index contributed by atoms with van der Waals surface area (Å²) in [5.74, 6) is 0. The maximum atomic E-state index is 12.6. The normalized spacial score (nSPS) is 14.9. The quantitative estimate of drug-likeness (QED) is 0.477. The van der Waals surface area contributed by atoms with E-state index in [1.54, 1.807) is 0 Å². The van der Waals surface area contributed by atoms with Crippen molar-refractivity contribution in [2.75, 3.05) is 16.8 Å². The third-order valence-electron chi connectivity index (χ3n) is 6.98. The summed E-state index contributed by atoms with van der Waals surface area (Å²) in [6.07, 6.45) is 4.57. The van der Waals surface area contributed by atoms with Crippen molar-refractivity contribution in [3.05, 3.63) is 105 Å². The summed E-state index contributed by atoms with van der Waals surface area (Å²) in [7, 11) is 0. The van der Waals surface area contributed by atoms with Crippen molar-refractivity contribution in [3.63, 3.8) is 0 Å². The zero-order chi connectivity index (χ0) is 21.5. The maximum absolute atomic E-state index is 12.6. The van der Waals surface area contributed by atoms with Gasteiger partial charge in [0.05, 0.1) is 0 Å². The summed E-state index contributed by atoms with van der Waals surface area (Å²) in [5, 5.41) is 4.55. The molecule has 2 aliphatic rings. The van der Waals surface area contributed by atoms with Gasteiger partial charge in [0.2, 0.25) is 0 Å². The standard InChI is InChI=1S/C28H27N3O/c32-28-24(15-23-14-20-6-3-7-21(20)16-27(23)30-28)17-29-25-8-10-26(11-9-25)31-13-12-19-4-1-2-5-22(19)18-31/h1-2,4-5,8-11,14-16,29H,3,6-7,12-13,17-18H2,(H,30,32). The van der Waals surface area contributed by atoms with Crippen LogP contribution in [0, 0.1) is 0 Å². The number of hydrogen-bond donors (Lipinski definition) is 2. The number of aromatic amines is 1. The Balaban J connectivity index is 1.16. The second-order valence-corrected chi connectivity index (χ2v) is 9.03. The second-order valence-electron chi connectivity index (χ2n) is 9.03. The lowest BCUT2D eigenvalue weighted by Gasteiger charge is -2.30. The summed E-state index contributed by atoms with van der Waals surface area (Å²) < 4.78 is 0. The first-order chi connectivity index (χ1) is 15.7. The lowest BCUT2D eigenvalue weighted by Crippen LogP contribution is -2.30. The molecule has 6 rings (SSSR count). The van der Waals surface area contributed by atoms with Crippen LogP contribution >= 0.6 is 0 Å². The van der Waals surface area contributed by atoms with Gasteiger partial charge in [-0.1, -0.05) is 24.3 Å². The molecular formula is C28H27N3O. The molecule has 1 aromatic heterocycles.